The van der Waals surface area contributed by atoms with Crippen LogP contribution in [0.5, 0.6) is 0 Å². The Morgan fingerprint density at radius 1 is 1.03 bits per heavy atom. The summed E-state index contributed by atoms with van der Waals surface area (Å²) in [6.07, 6.45) is 0. The monoisotopic (exact) mass is 463 g/mol. The number of hydrogen-bond acceptors (Lipinski definition) is 5. The zero-order valence-electron chi connectivity index (χ0n) is 15.8. The third kappa shape index (κ3) is 3.39. The van der Waals surface area contributed by atoms with Crippen molar-refractivity contribution in [1.29, 1.82) is 0 Å². The molecular formula is C21H15Cl2NO5S. The fraction of sp³-hybridized carbons (Fsp3) is 0.0952. The first kappa shape index (κ1) is 20.5. The van der Waals surface area contributed by atoms with Crippen LogP contribution >= 0.6 is 23.2 Å². The minimum absolute atomic E-state index is 0.0340. The molecule has 3 aromatic carbocycles. The molecule has 1 heterocycles. The molecule has 6 nitrogen and oxygen atoms in total. The van der Waals surface area contributed by atoms with Crippen molar-refractivity contribution in [3.05, 3.63) is 69.9 Å². The number of benzene rings is 3. The third-order valence-corrected chi connectivity index (χ3v) is 6.77. The van der Waals surface area contributed by atoms with Crippen LogP contribution in [0.1, 0.15) is 16.1 Å². The van der Waals surface area contributed by atoms with Crippen LogP contribution in [-0.2, 0) is 14.8 Å². The fourth-order valence-corrected chi connectivity index (χ4v) is 5.20. The van der Waals surface area contributed by atoms with Crippen molar-refractivity contribution >= 4 is 66.6 Å². The van der Waals surface area contributed by atoms with Gasteiger partial charge in [-0.15, -0.1) is 0 Å². The molecule has 0 amide bonds. The summed E-state index contributed by atoms with van der Waals surface area (Å²) in [6.45, 7) is 1.65. The highest BCUT2D eigenvalue weighted by molar-refractivity contribution is 7.92. The molecule has 30 heavy (non-hydrogen) atoms. The molecule has 0 bridgehead atoms. The van der Waals surface area contributed by atoms with E-state index in [1.807, 2.05) is 0 Å². The molecule has 9 heteroatoms. The number of ether oxygens (including phenoxy) is 1. The zero-order valence-corrected chi connectivity index (χ0v) is 18.2. The van der Waals surface area contributed by atoms with Crippen LogP contribution in [0.25, 0.3) is 21.7 Å². The quantitative estimate of drug-likeness (QED) is 0.387. The molecule has 0 saturated heterocycles. The van der Waals surface area contributed by atoms with Gasteiger partial charge in [0.1, 0.15) is 21.8 Å². The van der Waals surface area contributed by atoms with E-state index in [0.717, 1.165) is 0 Å². The molecule has 154 valence electrons. The minimum atomic E-state index is -4.07. The number of halogens is 2. The number of methoxy groups -OCH3 is 1. The summed E-state index contributed by atoms with van der Waals surface area (Å²) >= 11 is 12.1. The third-order valence-electron chi connectivity index (χ3n) is 4.69. The molecule has 0 spiro atoms. The van der Waals surface area contributed by atoms with Gasteiger partial charge < -0.3 is 9.15 Å². The van der Waals surface area contributed by atoms with Crippen molar-refractivity contribution in [3.63, 3.8) is 0 Å². The number of nitrogens with one attached hydrogen (secondary N) is 1. The fourth-order valence-electron chi connectivity index (χ4n) is 3.36. The Kier molecular flexibility index (Phi) is 5.13. The predicted octanol–water partition coefficient (Wildman–Crippen LogP) is 5.79. The maximum atomic E-state index is 13.1. The van der Waals surface area contributed by atoms with Crippen LogP contribution in [-0.4, -0.2) is 21.5 Å². The van der Waals surface area contributed by atoms with Crippen molar-refractivity contribution in [2.75, 3.05) is 11.8 Å². The summed E-state index contributed by atoms with van der Waals surface area (Å²) < 4.78 is 39.4. The van der Waals surface area contributed by atoms with E-state index in [1.54, 1.807) is 37.3 Å². The smallest absolute Gasteiger partial charge is 0.342 e. The summed E-state index contributed by atoms with van der Waals surface area (Å²) in [4.78, 5) is 12.1. The molecule has 4 rings (SSSR count). The lowest BCUT2D eigenvalue weighted by atomic mass is 10.0. The van der Waals surface area contributed by atoms with Gasteiger partial charge in [0.25, 0.3) is 10.0 Å². The van der Waals surface area contributed by atoms with Crippen LogP contribution in [0, 0.1) is 6.92 Å². The summed E-state index contributed by atoms with van der Waals surface area (Å²) in [7, 11) is -2.80. The average Bonchev–Trinajstić information content (AvgIpc) is 3.05. The number of esters is 1. The molecule has 0 atom stereocenters. The molecule has 0 aliphatic heterocycles. The van der Waals surface area contributed by atoms with Crippen LogP contribution in [0.4, 0.5) is 5.69 Å². The van der Waals surface area contributed by atoms with Gasteiger partial charge in [-0.25, -0.2) is 13.2 Å². The Morgan fingerprint density at radius 2 is 1.73 bits per heavy atom. The first-order valence-corrected chi connectivity index (χ1v) is 11.0. The summed E-state index contributed by atoms with van der Waals surface area (Å²) in [5.74, 6) is -0.201. The van der Waals surface area contributed by atoms with Gasteiger partial charge in [0, 0.05) is 21.2 Å². The first-order chi connectivity index (χ1) is 14.2. The Hall–Kier alpha value is -2.74. The van der Waals surface area contributed by atoms with E-state index < -0.39 is 16.0 Å². The highest BCUT2D eigenvalue weighted by Gasteiger charge is 2.24. The van der Waals surface area contributed by atoms with Gasteiger partial charge in [0.05, 0.1) is 17.8 Å². The number of furan rings is 1. The van der Waals surface area contributed by atoms with E-state index >= 15 is 0 Å². The zero-order chi connectivity index (χ0) is 21.6. The highest BCUT2D eigenvalue weighted by Crippen LogP contribution is 2.38. The Bertz CT molecular complexity index is 1430. The second kappa shape index (κ2) is 7.50. The van der Waals surface area contributed by atoms with Crippen molar-refractivity contribution in [2.24, 2.45) is 0 Å². The van der Waals surface area contributed by atoms with E-state index in [2.05, 4.69) is 4.72 Å². The number of rotatable bonds is 4. The van der Waals surface area contributed by atoms with E-state index in [0.29, 0.717) is 27.5 Å². The SMILES string of the molecule is COC(=O)c1c(C)oc2c1cc(NS(=O)(=O)c1cc(Cl)ccc1Cl)c1ccccc12. The van der Waals surface area contributed by atoms with E-state index in [-0.39, 0.29) is 26.2 Å². The summed E-state index contributed by atoms with van der Waals surface area (Å²) in [5.41, 5.74) is 0.965. The Morgan fingerprint density at radius 3 is 2.43 bits per heavy atom. The van der Waals surface area contributed by atoms with Crippen LogP contribution in [0.3, 0.4) is 0 Å². The number of aryl methyl sites for hydroxylation is 1. The Balaban J connectivity index is 1.98. The molecule has 0 radical (unpaired) electrons. The lowest BCUT2D eigenvalue weighted by molar-refractivity contribution is 0.0600. The average molecular weight is 464 g/mol. The minimum Gasteiger partial charge on any atom is -0.465 e. The maximum Gasteiger partial charge on any atom is 0.342 e. The van der Waals surface area contributed by atoms with Gasteiger partial charge in [-0.2, -0.15) is 0 Å². The van der Waals surface area contributed by atoms with E-state index in [9.17, 15) is 13.2 Å². The number of sulfonamides is 1. The molecule has 0 aliphatic carbocycles. The largest absolute Gasteiger partial charge is 0.465 e. The van der Waals surface area contributed by atoms with Gasteiger partial charge >= 0.3 is 5.97 Å². The first-order valence-electron chi connectivity index (χ1n) is 8.74. The standard InChI is InChI=1S/C21H15Cl2NO5S/c1-11-19(21(25)28-2)15-10-17(13-5-3-4-6-14(13)20(15)29-11)24-30(26,27)18-9-12(22)7-8-16(18)23/h3-10,24H,1-2H3. The van der Waals surface area contributed by atoms with Crippen LogP contribution in [0.15, 0.2) is 57.8 Å². The predicted molar refractivity (Wildman–Crippen MR) is 117 cm³/mol. The lowest BCUT2D eigenvalue weighted by Gasteiger charge is -2.13. The van der Waals surface area contributed by atoms with Crippen molar-refractivity contribution in [2.45, 2.75) is 11.8 Å². The molecule has 0 saturated carbocycles. The van der Waals surface area contributed by atoms with Gasteiger partial charge in [-0.3, -0.25) is 4.72 Å². The number of hydrogen-bond donors (Lipinski definition) is 1. The van der Waals surface area contributed by atoms with E-state index in [1.165, 1.54) is 25.3 Å². The molecule has 0 aliphatic rings. The Labute approximate surface area is 182 Å². The maximum absolute atomic E-state index is 13.1. The topological polar surface area (TPSA) is 85.6 Å². The highest BCUT2D eigenvalue weighted by atomic mass is 35.5. The molecular weight excluding hydrogens is 449 g/mol. The van der Waals surface area contributed by atoms with Gasteiger partial charge in [0.15, 0.2) is 0 Å². The number of carbonyl (C=O) groups is 1. The van der Waals surface area contributed by atoms with Crippen molar-refractivity contribution in [3.8, 4) is 0 Å². The van der Waals surface area contributed by atoms with Crippen LogP contribution in [0.2, 0.25) is 10.0 Å². The second-order valence-corrected chi connectivity index (χ2v) is 9.05. The van der Waals surface area contributed by atoms with Crippen molar-refractivity contribution < 1.29 is 22.4 Å². The molecule has 0 unspecified atom stereocenters. The molecule has 1 N–H and O–H groups in total. The van der Waals surface area contributed by atoms with E-state index in [4.69, 9.17) is 32.4 Å². The summed E-state index contributed by atoms with van der Waals surface area (Å²) in [6, 6.07) is 12.8. The molecule has 4 aromatic rings. The normalized spacial score (nSPS) is 11.7. The van der Waals surface area contributed by atoms with Crippen molar-refractivity contribution in [1.82, 2.24) is 0 Å². The number of carbonyl (C=O) groups excluding carboxylic acids is 1. The van der Waals surface area contributed by atoms with Gasteiger partial charge in [-0.1, -0.05) is 47.5 Å². The summed E-state index contributed by atoms with van der Waals surface area (Å²) in [5, 5.41) is 1.94. The molecule has 1 aromatic heterocycles. The van der Waals surface area contributed by atoms with Gasteiger partial charge in [0.2, 0.25) is 0 Å². The van der Waals surface area contributed by atoms with Gasteiger partial charge in [-0.05, 0) is 31.2 Å². The second-order valence-electron chi connectivity index (χ2n) is 6.55. The molecule has 0 fully saturated rings. The van der Waals surface area contributed by atoms with Crippen LogP contribution < -0.4 is 4.72 Å². The number of anilines is 1. The number of fused-ring (bicyclic) bond motifs is 3. The lowest BCUT2D eigenvalue weighted by Crippen LogP contribution is -2.14.